The smallest absolute Gasteiger partial charge is 0.329 e. The van der Waals surface area contributed by atoms with E-state index >= 15 is 0 Å². The number of nitrogens with zero attached hydrogens (tertiary/aromatic N) is 1. The second-order valence-electron chi connectivity index (χ2n) is 5.72. The molecule has 1 aromatic rings. The van der Waals surface area contributed by atoms with Gasteiger partial charge < -0.3 is 14.7 Å². The number of carbonyl (C=O) groups excluding carboxylic acids is 1. The molecule has 1 unspecified atom stereocenters. The highest BCUT2D eigenvalue weighted by Gasteiger charge is 2.45. The molecule has 1 N–H and O–H groups in total. The molecule has 1 amide bonds. The Morgan fingerprint density at radius 1 is 1.43 bits per heavy atom. The van der Waals surface area contributed by atoms with Gasteiger partial charge in [-0.2, -0.15) is 0 Å². The van der Waals surface area contributed by atoms with E-state index in [4.69, 9.17) is 4.74 Å². The van der Waals surface area contributed by atoms with Gasteiger partial charge in [-0.3, -0.25) is 4.79 Å². The molecule has 1 atom stereocenters. The van der Waals surface area contributed by atoms with Gasteiger partial charge in [0.1, 0.15) is 11.3 Å². The zero-order valence-corrected chi connectivity index (χ0v) is 12.7. The highest BCUT2D eigenvalue weighted by molar-refractivity contribution is 5.88. The molecule has 1 aliphatic rings. The maximum absolute atomic E-state index is 12.5. The Labute approximate surface area is 124 Å². The Balaban J connectivity index is 2.22. The summed E-state index contributed by atoms with van der Waals surface area (Å²) in [6, 6.07) is 5.66. The Kier molecular flexibility index (Phi) is 4.21. The molecule has 1 aliphatic heterocycles. The molecule has 1 heterocycles. The Bertz CT molecular complexity index is 569. The number of benzene rings is 1. The van der Waals surface area contributed by atoms with Crippen LogP contribution in [0, 0.1) is 6.92 Å². The van der Waals surface area contributed by atoms with Crippen molar-refractivity contribution in [3.8, 4) is 5.75 Å². The highest BCUT2D eigenvalue weighted by atomic mass is 16.5. The third-order valence-electron chi connectivity index (χ3n) is 4.18. The van der Waals surface area contributed by atoms with E-state index in [1.807, 2.05) is 25.1 Å². The Morgan fingerprint density at radius 3 is 2.76 bits per heavy atom. The third-order valence-corrected chi connectivity index (χ3v) is 4.18. The number of rotatable bonds is 4. The first-order valence-electron chi connectivity index (χ1n) is 7.06. The van der Waals surface area contributed by atoms with Gasteiger partial charge in [-0.05, 0) is 32.8 Å². The summed E-state index contributed by atoms with van der Waals surface area (Å²) in [4.78, 5) is 25.5. The molecule has 0 spiro atoms. The fraction of sp³-hybridized carbons (Fsp3) is 0.500. The van der Waals surface area contributed by atoms with Gasteiger partial charge in [-0.1, -0.05) is 17.7 Å². The molecule has 5 heteroatoms. The van der Waals surface area contributed by atoms with E-state index in [1.165, 1.54) is 4.90 Å². The quantitative estimate of drug-likeness (QED) is 0.921. The summed E-state index contributed by atoms with van der Waals surface area (Å²) >= 11 is 0. The topological polar surface area (TPSA) is 66.8 Å². The fourth-order valence-corrected chi connectivity index (χ4v) is 2.89. The first-order valence-corrected chi connectivity index (χ1v) is 7.06. The molecule has 0 radical (unpaired) electrons. The molecule has 0 bridgehead atoms. The van der Waals surface area contributed by atoms with Crippen molar-refractivity contribution in [2.24, 2.45) is 0 Å². The predicted octanol–water partition coefficient (Wildman–Crippen LogP) is 2.01. The van der Waals surface area contributed by atoms with E-state index in [1.54, 1.807) is 14.0 Å². The van der Waals surface area contributed by atoms with Crippen LogP contribution in [-0.2, 0) is 16.0 Å². The Hall–Kier alpha value is -2.04. The third kappa shape index (κ3) is 2.86. The van der Waals surface area contributed by atoms with E-state index in [2.05, 4.69) is 0 Å². The standard InChI is InChI=1S/C16H21NO4/c1-11-5-6-13(21-3)12(9-11)10-14(18)17-8-4-7-16(17,2)15(19)20/h5-6,9H,4,7-8,10H2,1-3H3,(H,19,20). The second-order valence-corrected chi connectivity index (χ2v) is 5.72. The number of amides is 1. The number of carboxylic acids is 1. The van der Waals surface area contributed by atoms with Crippen LogP contribution in [0.25, 0.3) is 0 Å². The van der Waals surface area contributed by atoms with Crippen LogP contribution in [0.2, 0.25) is 0 Å². The van der Waals surface area contributed by atoms with Gasteiger partial charge in [0.05, 0.1) is 13.5 Å². The number of ether oxygens (including phenoxy) is 1. The second kappa shape index (κ2) is 5.76. The van der Waals surface area contributed by atoms with E-state index in [-0.39, 0.29) is 12.3 Å². The lowest BCUT2D eigenvalue weighted by Crippen LogP contribution is -2.51. The molecule has 1 saturated heterocycles. The molecule has 1 aromatic carbocycles. The van der Waals surface area contributed by atoms with Crippen LogP contribution in [0.4, 0.5) is 0 Å². The minimum atomic E-state index is -1.09. The zero-order valence-electron chi connectivity index (χ0n) is 12.7. The summed E-state index contributed by atoms with van der Waals surface area (Å²) in [7, 11) is 1.57. The van der Waals surface area contributed by atoms with Crippen molar-refractivity contribution >= 4 is 11.9 Å². The molecule has 0 aliphatic carbocycles. The summed E-state index contributed by atoms with van der Waals surface area (Å²) in [5, 5.41) is 9.38. The maximum atomic E-state index is 12.5. The highest BCUT2D eigenvalue weighted by Crippen LogP contribution is 2.31. The van der Waals surface area contributed by atoms with Crippen LogP contribution in [0.5, 0.6) is 5.75 Å². The van der Waals surface area contributed by atoms with E-state index in [0.717, 1.165) is 17.5 Å². The van der Waals surface area contributed by atoms with Crippen molar-refractivity contribution in [2.45, 2.75) is 38.6 Å². The number of methoxy groups -OCH3 is 1. The monoisotopic (exact) mass is 291 g/mol. The van der Waals surface area contributed by atoms with Crippen LogP contribution >= 0.6 is 0 Å². The molecule has 21 heavy (non-hydrogen) atoms. The summed E-state index contributed by atoms with van der Waals surface area (Å²) in [6.45, 7) is 4.06. The van der Waals surface area contributed by atoms with Gasteiger partial charge in [-0.15, -0.1) is 0 Å². The van der Waals surface area contributed by atoms with Crippen LogP contribution in [0.3, 0.4) is 0 Å². The van der Waals surface area contributed by atoms with Crippen LogP contribution in [-0.4, -0.2) is 41.1 Å². The predicted molar refractivity (Wildman–Crippen MR) is 78.4 cm³/mol. The lowest BCUT2D eigenvalue weighted by molar-refractivity contribution is -0.155. The number of hydrogen-bond acceptors (Lipinski definition) is 3. The normalized spacial score (nSPS) is 21.4. The number of likely N-dealkylation sites (tertiary alicyclic amines) is 1. The summed E-state index contributed by atoms with van der Waals surface area (Å²) in [5.74, 6) is -0.448. The SMILES string of the molecule is COc1ccc(C)cc1CC(=O)N1CCCC1(C)C(=O)O. The van der Waals surface area contributed by atoms with Gasteiger partial charge in [-0.25, -0.2) is 4.79 Å². The number of aliphatic carboxylic acids is 1. The van der Waals surface area contributed by atoms with Gasteiger partial charge in [0, 0.05) is 12.1 Å². The van der Waals surface area contributed by atoms with Gasteiger partial charge >= 0.3 is 5.97 Å². The van der Waals surface area contributed by atoms with Gasteiger partial charge in [0.25, 0.3) is 0 Å². The summed E-state index contributed by atoms with van der Waals surface area (Å²) in [6.07, 6.45) is 1.38. The number of carboxylic acid groups (broad SMARTS) is 1. The lowest BCUT2D eigenvalue weighted by Gasteiger charge is -2.31. The van der Waals surface area contributed by atoms with Crippen molar-refractivity contribution in [3.05, 3.63) is 29.3 Å². The molecule has 0 aromatic heterocycles. The van der Waals surface area contributed by atoms with Crippen molar-refractivity contribution in [1.29, 1.82) is 0 Å². The van der Waals surface area contributed by atoms with Gasteiger partial charge in [0.2, 0.25) is 5.91 Å². The van der Waals surface area contributed by atoms with E-state index in [0.29, 0.717) is 18.7 Å². The molecular formula is C16H21NO4. The lowest BCUT2D eigenvalue weighted by atomic mass is 9.98. The first kappa shape index (κ1) is 15.4. The maximum Gasteiger partial charge on any atom is 0.329 e. The summed E-state index contributed by atoms with van der Waals surface area (Å²) in [5.41, 5.74) is 0.747. The average molecular weight is 291 g/mol. The van der Waals surface area contributed by atoms with Crippen molar-refractivity contribution < 1.29 is 19.4 Å². The molecule has 1 fully saturated rings. The number of aryl methyl sites for hydroxylation is 1. The molecular weight excluding hydrogens is 270 g/mol. The van der Waals surface area contributed by atoms with Crippen LogP contribution < -0.4 is 4.74 Å². The Morgan fingerprint density at radius 2 is 2.14 bits per heavy atom. The largest absolute Gasteiger partial charge is 0.496 e. The van der Waals surface area contributed by atoms with Crippen molar-refractivity contribution in [2.75, 3.05) is 13.7 Å². The fourth-order valence-electron chi connectivity index (χ4n) is 2.89. The van der Waals surface area contributed by atoms with E-state index < -0.39 is 11.5 Å². The molecule has 2 rings (SSSR count). The van der Waals surface area contributed by atoms with E-state index in [9.17, 15) is 14.7 Å². The first-order chi connectivity index (χ1) is 9.88. The summed E-state index contributed by atoms with van der Waals surface area (Å²) < 4.78 is 5.28. The minimum absolute atomic E-state index is 0.160. The molecule has 114 valence electrons. The van der Waals surface area contributed by atoms with Crippen molar-refractivity contribution in [1.82, 2.24) is 4.90 Å². The zero-order chi connectivity index (χ0) is 15.6. The molecule has 0 saturated carbocycles. The van der Waals surface area contributed by atoms with Crippen LogP contribution in [0.15, 0.2) is 18.2 Å². The molecule has 5 nitrogen and oxygen atoms in total. The number of carbonyl (C=O) groups is 2. The minimum Gasteiger partial charge on any atom is -0.496 e. The van der Waals surface area contributed by atoms with Crippen molar-refractivity contribution in [3.63, 3.8) is 0 Å². The van der Waals surface area contributed by atoms with Crippen LogP contribution in [0.1, 0.15) is 30.9 Å². The average Bonchev–Trinajstić information content (AvgIpc) is 2.82. The van der Waals surface area contributed by atoms with Gasteiger partial charge in [0.15, 0.2) is 0 Å². The number of hydrogen-bond donors (Lipinski definition) is 1.